The van der Waals surface area contributed by atoms with E-state index in [1.54, 1.807) is 6.92 Å². The summed E-state index contributed by atoms with van der Waals surface area (Å²) in [5.74, 6) is -0.400. The van der Waals surface area contributed by atoms with Crippen molar-refractivity contribution >= 4 is 23.5 Å². The molecule has 3 N–H and O–H groups in total. The number of nitrogens with one attached hydrogen (secondary N) is 3. The van der Waals surface area contributed by atoms with Crippen LogP contribution in [0.1, 0.15) is 63.5 Å². The van der Waals surface area contributed by atoms with E-state index >= 15 is 0 Å². The van der Waals surface area contributed by atoms with Crippen LogP contribution in [0.2, 0.25) is 0 Å². The number of nitrogens with zero attached hydrogens (tertiary/aromatic N) is 1. The van der Waals surface area contributed by atoms with Gasteiger partial charge in [0.1, 0.15) is 0 Å². The lowest BCUT2D eigenvalue weighted by molar-refractivity contribution is -0.130. The molecule has 4 amide bonds. The Morgan fingerprint density at radius 1 is 1.16 bits per heavy atom. The maximum absolute atomic E-state index is 12.6. The van der Waals surface area contributed by atoms with Crippen molar-refractivity contribution in [1.82, 2.24) is 15.5 Å². The molecule has 2 atom stereocenters. The third-order valence-electron chi connectivity index (χ3n) is 5.95. The van der Waals surface area contributed by atoms with E-state index in [0.717, 1.165) is 43.4 Å². The van der Waals surface area contributed by atoms with Crippen molar-refractivity contribution in [3.63, 3.8) is 0 Å². The summed E-state index contributed by atoms with van der Waals surface area (Å²) >= 11 is 0. The number of carbonyl (C=O) groups excluding carboxylic acids is 3. The number of urea groups is 1. The van der Waals surface area contributed by atoms with E-state index in [2.05, 4.69) is 22.9 Å². The van der Waals surface area contributed by atoms with Crippen LogP contribution in [0.5, 0.6) is 0 Å². The van der Waals surface area contributed by atoms with Crippen LogP contribution in [0.3, 0.4) is 0 Å². The van der Waals surface area contributed by atoms with E-state index in [9.17, 15) is 14.4 Å². The Labute approximate surface area is 186 Å². The first-order chi connectivity index (χ1) is 14.8. The fourth-order valence-electron chi connectivity index (χ4n) is 3.97. The summed E-state index contributed by atoms with van der Waals surface area (Å²) in [6.07, 6.45) is 6.20. The fourth-order valence-corrected chi connectivity index (χ4v) is 3.97. The Hall–Kier alpha value is -2.41. The number of anilines is 1. The van der Waals surface area contributed by atoms with E-state index in [0.29, 0.717) is 18.8 Å². The molecule has 0 bridgehead atoms. The normalized spacial score (nSPS) is 17.6. The fraction of sp³-hybridized carbons (Fsp3) is 0.625. The molecule has 1 heterocycles. The maximum atomic E-state index is 12.6. The molecule has 1 saturated heterocycles. The van der Waals surface area contributed by atoms with Gasteiger partial charge in [0.2, 0.25) is 11.8 Å². The van der Waals surface area contributed by atoms with Gasteiger partial charge in [-0.1, -0.05) is 43.9 Å². The molecule has 31 heavy (non-hydrogen) atoms. The predicted octanol–water partition coefficient (Wildman–Crippen LogP) is 3.75. The molecule has 1 fully saturated rings. The SMILES string of the molecule is CCCCCCNC(=O)C1CCCN(C(C)C(=O)NC(=O)Nc2ccc(C)cc2C)C1. The number of hydrogen-bond acceptors (Lipinski definition) is 4. The molecule has 1 aromatic rings. The van der Waals surface area contributed by atoms with Gasteiger partial charge in [0.15, 0.2) is 0 Å². The van der Waals surface area contributed by atoms with Crippen LogP contribution in [0, 0.1) is 19.8 Å². The van der Waals surface area contributed by atoms with Crippen LogP contribution < -0.4 is 16.0 Å². The van der Waals surface area contributed by atoms with Gasteiger partial charge in [-0.25, -0.2) is 4.79 Å². The summed E-state index contributed by atoms with van der Waals surface area (Å²) in [7, 11) is 0. The highest BCUT2D eigenvalue weighted by Gasteiger charge is 2.31. The number of imide groups is 1. The lowest BCUT2D eigenvalue weighted by Crippen LogP contribution is -2.52. The van der Waals surface area contributed by atoms with Crippen molar-refractivity contribution in [3.05, 3.63) is 29.3 Å². The standard InChI is InChI=1S/C24H38N4O3/c1-5-6-7-8-13-25-23(30)20-10-9-14-28(16-20)19(4)22(29)27-24(31)26-21-12-11-17(2)15-18(21)3/h11-12,15,19-20H,5-10,13-14,16H2,1-4H3,(H,25,30)(H2,26,27,29,31). The van der Waals surface area contributed by atoms with Crippen LogP contribution >= 0.6 is 0 Å². The highest BCUT2D eigenvalue weighted by molar-refractivity contribution is 6.03. The number of carbonyl (C=O) groups is 3. The van der Waals surface area contributed by atoms with Gasteiger partial charge in [-0.15, -0.1) is 0 Å². The average Bonchev–Trinajstić information content (AvgIpc) is 2.75. The van der Waals surface area contributed by atoms with Gasteiger partial charge >= 0.3 is 6.03 Å². The van der Waals surface area contributed by atoms with Crippen LogP contribution in [0.25, 0.3) is 0 Å². The summed E-state index contributed by atoms with van der Waals surface area (Å²) in [4.78, 5) is 39.4. The van der Waals surface area contributed by atoms with E-state index in [-0.39, 0.29) is 17.7 Å². The zero-order valence-electron chi connectivity index (χ0n) is 19.4. The monoisotopic (exact) mass is 430 g/mol. The quantitative estimate of drug-likeness (QED) is 0.521. The van der Waals surface area contributed by atoms with Crippen molar-refractivity contribution in [2.75, 3.05) is 25.0 Å². The first-order valence-corrected chi connectivity index (χ1v) is 11.5. The summed E-state index contributed by atoms with van der Waals surface area (Å²) in [6.45, 7) is 9.84. The first kappa shape index (κ1) is 24.9. The van der Waals surface area contributed by atoms with Crippen LogP contribution in [0.15, 0.2) is 18.2 Å². The van der Waals surface area contributed by atoms with Crippen molar-refractivity contribution in [2.45, 2.75) is 72.3 Å². The second kappa shape index (κ2) is 12.4. The minimum atomic E-state index is -0.540. The molecule has 2 rings (SSSR count). The van der Waals surface area contributed by atoms with Crippen molar-refractivity contribution < 1.29 is 14.4 Å². The lowest BCUT2D eigenvalue weighted by atomic mass is 9.95. The summed E-state index contributed by atoms with van der Waals surface area (Å²) in [5, 5.41) is 8.21. The summed E-state index contributed by atoms with van der Waals surface area (Å²) in [5.41, 5.74) is 2.73. The molecule has 172 valence electrons. The van der Waals surface area contributed by atoms with Gasteiger partial charge in [-0.3, -0.25) is 19.8 Å². The number of aryl methyl sites for hydroxylation is 2. The largest absolute Gasteiger partial charge is 0.356 e. The third kappa shape index (κ3) is 7.98. The lowest BCUT2D eigenvalue weighted by Gasteiger charge is -2.35. The minimum absolute atomic E-state index is 0.0707. The van der Waals surface area contributed by atoms with Crippen molar-refractivity contribution in [1.29, 1.82) is 0 Å². The number of likely N-dealkylation sites (tertiary alicyclic amines) is 1. The van der Waals surface area contributed by atoms with Gasteiger partial charge < -0.3 is 10.6 Å². The first-order valence-electron chi connectivity index (χ1n) is 11.5. The minimum Gasteiger partial charge on any atom is -0.356 e. The maximum Gasteiger partial charge on any atom is 0.325 e. The summed E-state index contributed by atoms with van der Waals surface area (Å²) < 4.78 is 0. The Balaban J connectivity index is 1.81. The highest BCUT2D eigenvalue weighted by atomic mass is 16.2. The molecule has 0 spiro atoms. The topological polar surface area (TPSA) is 90.5 Å². The number of unbranched alkanes of at least 4 members (excludes halogenated alkanes) is 3. The molecular weight excluding hydrogens is 392 g/mol. The molecule has 0 saturated carbocycles. The number of piperidine rings is 1. The van der Waals surface area contributed by atoms with Gasteiger partial charge in [-0.2, -0.15) is 0 Å². The predicted molar refractivity (Wildman–Crippen MR) is 124 cm³/mol. The van der Waals surface area contributed by atoms with Gasteiger partial charge in [-0.05, 0) is 58.2 Å². The average molecular weight is 431 g/mol. The smallest absolute Gasteiger partial charge is 0.325 e. The molecule has 1 aliphatic rings. The second-order valence-electron chi connectivity index (χ2n) is 8.62. The highest BCUT2D eigenvalue weighted by Crippen LogP contribution is 2.19. The van der Waals surface area contributed by atoms with Gasteiger partial charge in [0, 0.05) is 18.8 Å². The van der Waals surface area contributed by atoms with E-state index in [1.807, 2.05) is 36.9 Å². The van der Waals surface area contributed by atoms with Crippen molar-refractivity contribution in [3.8, 4) is 0 Å². The number of benzene rings is 1. The van der Waals surface area contributed by atoms with E-state index < -0.39 is 12.1 Å². The van der Waals surface area contributed by atoms with Gasteiger partial charge in [0.05, 0.1) is 12.0 Å². The van der Waals surface area contributed by atoms with Gasteiger partial charge in [0.25, 0.3) is 0 Å². The Morgan fingerprint density at radius 2 is 1.94 bits per heavy atom. The third-order valence-corrected chi connectivity index (χ3v) is 5.95. The molecule has 0 aromatic heterocycles. The van der Waals surface area contributed by atoms with E-state index in [1.165, 1.54) is 12.8 Å². The molecule has 0 radical (unpaired) electrons. The summed E-state index contributed by atoms with van der Waals surface area (Å²) in [6, 6.07) is 4.69. The zero-order valence-corrected chi connectivity index (χ0v) is 19.4. The van der Waals surface area contributed by atoms with Crippen LogP contribution in [-0.4, -0.2) is 48.4 Å². The molecule has 2 unspecified atom stereocenters. The van der Waals surface area contributed by atoms with E-state index in [4.69, 9.17) is 0 Å². The Bertz CT molecular complexity index is 765. The molecule has 1 aromatic carbocycles. The van der Waals surface area contributed by atoms with Crippen LogP contribution in [-0.2, 0) is 9.59 Å². The second-order valence-corrected chi connectivity index (χ2v) is 8.62. The number of hydrogen-bond donors (Lipinski definition) is 3. The molecule has 0 aliphatic carbocycles. The zero-order chi connectivity index (χ0) is 22.8. The molecule has 7 nitrogen and oxygen atoms in total. The molecule has 7 heteroatoms. The van der Waals surface area contributed by atoms with Crippen molar-refractivity contribution in [2.24, 2.45) is 5.92 Å². The number of rotatable bonds is 9. The Kier molecular flexibility index (Phi) is 9.98. The molecule has 1 aliphatic heterocycles. The number of amides is 4. The van der Waals surface area contributed by atoms with Crippen LogP contribution in [0.4, 0.5) is 10.5 Å². The molecular formula is C24H38N4O3. The Morgan fingerprint density at radius 3 is 2.65 bits per heavy atom.